The lowest BCUT2D eigenvalue weighted by molar-refractivity contribution is -0.141. The summed E-state index contributed by atoms with van der Waals surface area (Å²) in [6.45, 7) is 2.66. The van der Waals surface area contributed by atoms with Crippen molar-refractivity contribution in [3.05, 3.63) is 94.8 Å². The number of aromatic amines is 1. The van der Waals surface area contributed by atoms with Gasteiger partial charge in [0.25, 0.3) is 5.56 Å². The molecule has 0 spiro atoms. The fourth-order valence-corrected chi connectivity index (χ4v) is 4.63. The van der Waals surface area contributed by atoms with Crippen LogP contribution in [-0.4, -0.2) is 32.9 Å². The zero-order chi connectivity index (χ0) is 24.2. The number of hydrogen-bond donors (Lipinski definition) is 1. The molecule has 5 aromatic rings. The van der Waals surface area contributed by atoms with Gasteiger partial charge in [-0.1, -0.05) is 60.3 Å². The molecule has 0 fully saturated rings. The van der Waals surface area contributed by atoms with Gasteiger partial charge in [-0.2, -0.15) is 0 Å². The first kappa shape index (κ1) is 22.7. The van der Waals surface area contributed by atoms with E-state index in [9.17, 15) is 9.59 Å². The molecule has 8 heteroatoms. The lowest BCUT2D eigenvalue weighted by Gasteiger charge is -2.13. The molecule has 0 radical (unpaired) electrons. The Morgan fingerprint density at radius 1 is 1.00 bits per heavy atom. The number of nitrogens with zero attached hydrogens (tertiary/aromatic N) is 2. The van der Waals surface area contributed by atoms with Gasteiger partial charge >= 0.3 is 5.97 Å². The zero-order valence-electron chi connectivity index (χ0n) is 19.1. The third-order valence-corrected chi connectivity index (χ3v) is 6.37. The largest absolute Gasteiger partial charge is 0.494 e. The summed E-state index contributed by atoms with van der Waals surface area (Å²) in [5.41, 5.74) is 3.12. The van der Waals surface area contributed by atoms with Gasteiger partial charge in [-0.15, -0.1) is 0 Å². The van der Waals surface area contributed by atoms with Crippen molar-refractivity contribution in [1.29, 1.82) is 0 Å². The minimum Gasteiger partial charge on any atom is -0.494 e. The molecule has 0 aliphatic rings. The summed E-state index contributed by atoms with van der Waals surface area (Å²) in [6, 6.07) is 24.4. The Morgan fingerprint density at radius 2 is 1.74 bits per heavy atom. The summed E-state index contributed by atoms with van der Waals surface area (Å²) in [4.78, 5) is 34.1. The van der Waals surface area contributed by atoms with Crippen molar-refractivity contribution in [3.63, 3.8) is 0 Å². The first-order valence-electron chi connectivity index (χ1n) is 11.2. The predicted octanol–water partition coefficient (Wildman–Crippen LogP) is 5.10. The first-order chi connectivity index (χ1) is 17.1. The van der Waals surface area contributed by atoms with Gasteiger partial charge in [-0.25, -0.2) is 4.98 Å². The second kappa shape index (κ2) is 10.1. The number of para-hydroxylation sites is 1. The molecular weight excluding hydrogens is 462 g/mol. The molecule has 0 bridgehead atoms. The van der Waals surface area contributed by atoms with Crippen LogP contribution in [0.2, 0.25) is 0 Å². The number of H-pyrrole nitrogens is 1. The number of nitrogens with one attached hydrogen (secondary N) is 1. The van der Waals surface area contributed by atoms with Crippen molar-refractivity contribution in [2.75, 3.05) is 12.4 Å². The summed E-state index contributed by atoms with van der Waals surface area (Å²) < 4.78 is 12.5. The predicted molar refractivity (Wildman–Crippen MR) is 137 cm³/mol. The van der Waals surface area contributed by atoms with Gasteiger partial charge in [-0.05, 0) is 42.8 Å². The van der Waals surface area contributed by atoms with Crippen molar-refractivity contribution < 1.29 is 14.3 Å². The van der Waals surface area contributed by atoms with Gasteiger partial charge in [0.05, 0.1) is 18.0 Å². The Bertz CT molecular complexity index is 1540. The normalized spacial score (nSPS) is 11.1. The van der Waals surface area contributed by atoms with E-state index in [0.29, 0.717) is 34.2 Å². The van der Waals surface area contributed by atoms with Crippen molar-refractivity contribution in [2.45, 2.75) is 18.7 Å². The number of hydrogen-bond acceptors (Lipinski definition) is 6. The van der Waals surface area contributed by atoms with E-state index in [1.807, 2.05) is 73.7 Å². The Labute approximate surface area is 205 Å². The van der Waals surface area contributed by atoms with Gasteiger partial charge in [0, 0.05) is 10.9 Å². The molecule has 5 rings (SSSR count). The summed E-state index contributed by atoms with van der Waals surface area (Å²) >= 11 is 1.17. The second-order valence-electron chi connectivity index (χ2n) is 7.79. The summed E-state index contributed by atoms with van der Waals surface area (Å²) in [5, 5.41) is 1.26. The number of aromatic nitrogens is 3. The number of benzene rings is 3. The molecule has 0 unspecified atom stereocenters. The number of esters is 1. The molecule has 0 atom stereocenters. The van der Waals surface area contributed by atoms with Crippen LogP contribution in [0.3, 0.4) is 0 Å². The molecule has 2 heterocycles. The molecule has 35 heavy (non-hydrogen) atoms. The molecule has 3 aromatic carbocycles. The van der Waals surface area contributed by atoms with E-state index in [2.05, 4.69) is 4.98 Å². The van der Waals surface area contributed by atoms with Crippen LogP contribution in [0.5, 0.6) is 5.75 Å². The van der Waals surface area contributed by atoms with Crippen LogP contribution in [0.15, 0.2) is 88.8 Å². The van der Waals surface area contributed by atoms with Crippen molar-refractivity contribution in [2.24, 2.45) is 0 Å². The molecule has 0 saturated carbocycles. The number of carbonyl (C=O) groups is 1. The zero-order valence-corrected chi connectivity index (χ0v) is 19.9. The topological polar surface area (TPSA) is 86.2 Å². The Balaban J connectivity index is 1.50. The number of thioether (sulfide) groups is 1. The van der Waals surface area contributed by atoms with E-state index < -0.39 is 0 Å². The highest BCUT2D eigenvalue weighted by molar-refractivity contribution is 7.99. The quantitative estimate of drug-likeness (QED) is 0.187. The third kappa shape index (κ3) is 4.79. The van der Waals surface area contributed by atoms with Crippen LogP contribution in [-0.2, 0) is 16.1 Å². The average Bonchev–Trinajstić information content (AvgIpc) is 3.27. The highest BCUT2D eigenvalue weighted by atomic mass is 32.2. The lowest BCUT2D eigenvalue weighted by Crippen LogP contribution is -2.22. The van der Waals surface area contributed by atoms with Gasteiger partial charge in [0.15, 0.2) is 5.16 Å². The monoisotopic (exact) mass is 485 g/mol. The van der Waals surface area contributed by atoms with Crippen molar-refractivity contribution in [1.82, 2.24) is 14.5 Å². The first-order valence-corrected chi connectivity index (χ1v) is 12.2. The van der Waals surface area contributed by atoms with E-state index in [-0.39, 0.29) is 23.9 Å². The van der Waals surface area contributed by atoms with Gasteiger partial charge in [0.1, 0.15) is 23.4 Å². The highest BCUT2D eigenvalue weighted by Crippen LogP contribution is 2.27. The summed E-state index contributed by atoms with van der Waals surface area (Å²) in [7, 11) is 0. The third-order valence-electron chi connectivity index (χ3n) is 5.46. The maximum atomic E-state index is 13.6. The van der Waals surface area contributed by atoms with E-state index in [1.165, 1.54) is 16.3 Å². The standard InChI is InChI=1S/C27H23N3O4S/c1-2-33-20-14-12-19(13-15-20)30-26(32)25-24(21-10-6-7-11-22(21)28-25)29-27(30)35-17-23(31)34-16-18-8-4-3-5-9-18/h3-15,28H,2,16-17H2,1H3. The van der Waals surface area contributed by atoms with Crippen molar-refractivity contribution in [3.8, 4) is 11.4 Å². The number of carbonyl (C=O) groups excluding carboxylic acids is 1. The average molecular weight is 486 g/mol. The smallest absolute Gasteiger partial charge is 0.316 e. The summed E-state index contributed by atoms with van der Waals surface area (Å²) in [5.74, 6) is 0.345. The van der Waals surface area contributed by atoms with E-state index in [0.717, 1.165) is 16.5 Å². The van der Waals surface area contributed by atoms with Crippen LogP contribution in [0.1, 0.15) is 12.5 Å². The van der Waals surface area contributed by atoms with E-state index in [4.69, 9.17) is 14.5 Å². The highest BCUT2D eigenvalue weighted by Gasteiger charge is 2.18. The molecule has 0 aliphatic carbocycles. The van der Waals surface area contributed by atoms with Gasteiger partial charge in [-0.3, -0.25) is 14.2 Å². The van der Waals surface area contributed by atoms with Crippen LogP contribution >= 0.6 is 11.8 Å². The van der Waals surface area contributed by atoms with E-state index in [1.54, 1.807) is 12.1 Å². The minimum atomic E-state index is -0.384. The van der Waals surface area contributed by atoms with Crippen LogP contribution in [0, 0.1) is 0 Å². The second-order valence-corrected chi connectivity index (χ2v) is 8.73. The summed E-state index contributed by atoms with van der Waals surface area (Å²) in [6.07, 6.45) is 0. The SMILES string of the molecule is CCOc1ccc(-n2c(SCC(=O)OCc3ccccc3)nc3c([nH]c4ccccc43)c2=O)cc1. The fraction of sp³-hybridized carbons (Fsp3) is 0.148. The molecule has 0 aliphatic heterocycles. The fourth-order valence-electron chi connectivity index (χ4n) is 3.83. The lowest BCUT2D eigenvalue weighted by atomic mass is 10.2. The minimum absolute atomic E-state index is 0.0180. The van der Waals surface area contributed by atoms with Crippen molar-refractivity contribution >= 4 is 39.7 Å². The molecule has 0 amide bonds. The van der Waals surface area contributed by atoms with Gasteiger partial charge < -0.3 is 14.5 Å². The van der Waals surface area contributed by atoms with Crippen LogP contribution < -0.4 is 10.3 Å². The molecule has 0 saturated heterocycles. The van der Waals surface area contributed by atoms with Crippen LogP contribution in [0.4, 0.5) is 0 Å². The maximum absolute atomic E-state index is 13.6. The Hall–Kier alpha value is -4.04. The molecular formula is C27H23N3O4S. The molecule has 176 valence electrons. The Kier molecular flexibility index (Phi) is 6.54. The Morgan fingerprint density at radius 3 is 2.51 bits per heavy atom. The number of rotatable bonds is 8. The van der Waals surface area contributed by atoms with Gasteiger partial charge in [0.2, 0.25) is 0 Å². The molecule has 2 aromatic heterocycles. The number of fused-ring (bicyclic) bond motifs is 3. The van der Waals surface area contributed by atoms with E-state index >= 15 is 0 Å². The molecule has 1 N–H and O–H groups in total. The maximum Gasteiger partial charge on any atom is 0.316 e. The molecule has 7 nitrogen and oxygen atoms in total. The van der Waals surface area contributed by atoms with Crippen LogP contribution in [0.25, 0.3) is 27.6 Å². The number of ether oxygens (including phenoxy) is 2.